The molecule has 0 radical (unpaired) electrons. The van der Waals surface area contributed by atoms with Crippen LogP contribution in [0.2, 0.25) is 5.02 Å². The highest BCUT2D eigenvalue weighted by Crippen LogP contribution is 2.30. The summed E-state index contributed by atoms with van der Waals surface area (Å²) in [4.78, 5) is 16.2. The van der Waals surface area contributed by atoms with Crippen LogP contribution in [0.15, 0.2) is 64.6 Å². The summed E-state index contributed by atoms with van der Waals surface area (Å²) in [6.45, 7) is 0.656. The molecule has 2 aromatic carbocycles. The van der Waals surface area contributed by atoms with E-state index in [2.05, 4.69) is 15.6 Å². The van der Waals surface area contributed by atoms with Crippen LogP contribution in [0.5, 0.6) is 0 Å². The molecule has 0 aliphatic carbocycles. The number of hydrogen-bond acceptors (Lipinski definition) is 3. The molecule has 0 spiro atoms. The van der Waals surface area contributed by atoms with Crippen LogP contribution >= 0.6 is 23.4 Å². The second-order valence-corrected chi connectivity index (χ2v) is 7.16. The first-order valence-corrected chi connectivity index (χ1v) is 8.90. The van der Waals surface area contributed by atoms with Crippen molar-refractivity contribution < 1.29 is 4.79 Å². The summed E-state index contributed by atoms with van der Waals surface area (Å²) in [7, 11) is 0. The van der Waals surface area contributed by atoms with Crippen molar-refractivity contribution in [2.75, 3.05) is 0 Å². The Morgan fingerprint density at radius 2 is 1.92 bits per heavy atom. The number of fused-ring (bicyclic) bond motifs is 1. The van der Waals surface area contributed by atoms with Crippen LogP contribution in [-0.2, 0) is 11.3 Å². The van der Waals surface area contributed by atoms with Gasteiger partial charge in [0.2, 0.25) is 0 Å². The summed E-state index contributed by atoms with van der Waals surface area (Å²) in [5.41, 5.74) is 8.73. The van der Waals surface area contributed by atoms with Crippen LogP contribution in [0, 0.1) is 0 Å². The Bertz CT molecular complexity index is 1050. The summed E-state index contributed by atoms with van der Waals surface area (Å²) in [5, 5.41) is 2.10. The molecule has 4 nitrogen and oxygen atoms in total. The fourth-order valence-corrected chi connectivity index (χ4v) is 3.77. The van der Waals surface area contributed by atoms with Crippen molar-refractivity contribution in [1.82, 2.24) is 4.57 Å². The van der Waals surface area contributed by atoms with Crippen LogP contribution in [0.3, 0.4) is 0 Å². The van der Waals surface area contributed by atoms with E-state index in [0.717, 1.165) is 27.1 Å². The monoisotopic (exact) mass is 367 g/mol. The van der Waals surface area contributed by atoms with Gasteiger partial charge >= 0.3 is 0 Å². The van der Waals surface area contributed by atoms with Crippen molar-refractivity contribution >= 4 is 51.4 Å². The molecular weight excluding hydrogens is 354 g/mol. The van der Waals surface area contributed by atoms with Crippen LogP contribution in [-0.4, -0.2) is 15.6 Å². The zero-order valence-corrected chi connectivity index (χ0v) is 14.7. The lowest BCUT2D eigenvalue weighted by molar-refractivity contribution is -0.113. The summed E-state index contributed by atoms with van der Waals surface area (Å²) in [6, 6.07) is 15.9. The average Bonchev–Trinajstić information content (AvgIpc) is 3.10. The van der Waals surface area contributed by atoms with Gasteiger partial charge in [-0.2, -0.15) is 4.99 Å². The molecule has 25 heavy (non-hydrogen) atoms. The molecule has 2 N–H and O–H groups in total. The van der Waals surface area contributed by atoms with Gasteiger partial charge in [-0.05, 0) is 35.5 Å². The van der Waals surface area contributed by atoms with Gasteiger partial charge in [0, 0.05) is 34.2 Å². The van der Waals surface area contributed by atoms with Crippen molar-refractivity contribution in [2.24, 2.45) is 10.7 Å². The minimum absolute atomic E-state index is 0.287. The first-order valence-electron chi connectivity index (χ1n) is 7.71. The number of benzene rings is 2. The van der Waals surface area contributed by atoms with E-state index in [1.54, 1.807) is 0 Å². The van der Waals surface area contributed by atoms with E-state index in [4.69, 9.17) is 17.3 Å². The maximum absolute atomic E-state index is 11.9. The first-order chi connectivity index (χ1) is 12.1. The highest BCUT2D eigenvalue weighted by atomic mass is 35.5. The number of amides is 1. The molecule has 1 aliphatic heterocycles. The van der Waals surface area contributed by atoms with Gasteiger partial charge in [0.05, 0.1) is 4.91 Å². The summed E-state index contributed by atoms with van der Waals surface area (Å²) >= 11 is 7.50. The second-order valence-electron chi connectivity index (χ2n) is 5.69. The third-order valence-electron chi connectivity index (χ3n) is 4.04. The zero-order chi connectivity index (χ0) is 17.4. The highest BCUT2D eigenvalue weighted by Gasteiger charge is 2.20. The third kappa shape index (κ3) is 3.08. The van der Waals surface area contributed by atoms with E-state index >= 15 is 0 Å². The minimum Gasteiger partial charge on any atom is -0.378 e. The summed E-state index contributed by atoms with van der Waals surface area (Å²) in [5.74, 6) is -0.287. The Hall–Kier alpha value is -2.50. The molecule has 2 heterocycles. The SMILES string of the molecule is NC1=NC(=O)/C(=C\c2cn(Cc3ccccc3Cl)c3ccccc23)S1. The lowest BCUT2D eigenvalue weighted by Crippen LogP contribution is -2.01. The number of thioether (sulfide) groups is 1. The van der Waals surface area contributed by atoms with E-state index in [1.165, 1.54) is 11.8 Å². The van der Waals surface area contributed by atoms with Crippen molar-refractivity contribution in [3.8, 4) is 0 Å². The maximum Gasteiger partial charge on any atom is 0.286 e. The molecule has 0 saturated carbocycles. The molecule has 3 aromatic rings. The van der Waals surface area contributed by atoms with Gasteiger partial charge in [0.15, 0.2) is 5.17 Å². The van der Waals surface area contributed by atoms with Crippen LogP contribution in [0.1, 0.15) is 11.1 Å². The highest BCUT2D eigenvalue weighted by molar-refractivity contribution is 8.18. The molecule has 1 aliphatic rings. The number of aromatic nitrogens is 1. The molecule has 0 atom stereocenters. The predicted octanol–water partition coefficient (Wildman–Crippen LogP) is 4.27. The smallest absolute Gasteiger partial charge is 0.286 e. The summed E-state index contributed by atoms with van der Waals surface area (Å²) in [6.07, 6.45) is 3.88. The number of amidine groups is 1. The molecule has 124 valence electrons. The lowest BCUT2D eigenvalue weighted by atomic mass is 10.1. The average molecular weight is 368 g/mol. The normalized spacial score (nSPS) is 16.0. The van der Waals surface area contributed by atoms with E-state index in [9.17, 15) is 4.79 Å². The largest absolute Gasteiger partial charge is 0.378 e. The van der Waals surface area contributed by atoms with Crippen molar-refractivity contribution in [2.45, 2.75) is 6.54 Å². The zero-order valence-electron chi connectivity index (χ0n) is 13.1. The number of rotatable bonds is 3. The van der Waals surface area contributed by atoms with Crippen LogP contribution in [0.4, 0.5) is 0 Å². The van der Waals surface area contributed by atoms with Gasteiger partial charge in [-0.1, -0.05) is 48.0 Å². The predicted molar refractivity (Wildman–Crippen MR) is 105 cm³/mol. The molecule has 0 bridgehead atoms. The second kappa shape index (κ2) is 6.43. The van der Waals surface area contributed by atoms with Gasteiger partial charge in [-0.15, -0.1) is 0 Å². The standard InChI is InChI=1S/C19H14ClN3OS/c20-15-7-3-1-5-12(15)10-23-11-13(14-6-2-4-8-16(14)23)9-17-18(24)22-19(21)25-17/h1-9,11H,10H2,(H2,21,22,24)/b17-9+. The number of hydrogen-bond donors (Lipinski definition) is 1. The number of aliphatic imine (C=N–C) groups is 1. The molecule has 1 amide bonds. The topological polar surface area (TPSA) is 60.4 Å². The first kappa shape index (κ1) is 16.0. The van der Waals surface area contributed by atoms with E-state index < -0.39 is 0 Å². The van der Waals surface area contributed by atoms with Gasteiger partial charge in [0.1, 0.15) is 0 Å². The van der Waals surface area contributed by atoms with E-state index in [-0.39, 0.29) is 11.1 Å². The fraction of sp³-hybridized carbons (Fsp3) is 0.0526. The van der Waals surface area contributed by atoms with E-state index in [0.29, 0.717) is 11.4 Å². The lowest BCUT2D eigenvalue weighted by Gasteiger charge is -2.07. The van der Waals surface area contributed by atoms with Crippen molar-refractivity contribution in [3.63, 3.8) is 0 Å². The molecule has 0 fully saturated rings. The van der Waals surface area contributed by atoms with Gasteiger partial charge in [-0.25, -0.2) is 0 Å². The molecule has 4 rings (SSSR count). The molecule has 0 unspecified atom stereocenters. The van der Waals surface area contributed by atoms with Gasteiger partial charge in [0.25, 0.3) is 5.91 Å². The third-order valence-corrected chi connectivity index (χ3v) is 5.22. The molecular formula is C19H14ClN3OS. The van der Waals surface area contributed by atoms with E-state index in [1.807, 2.05) is 54.7 Å². The van der Waals surface area contributed by atoms with Crippen LogP contribution < -0.4 is 5.73 Å². The number of carbonyl (C=O) groups is 1. The number of halogens is 1. The molecule has 6 heteroatoms. The Balaban J connectivity index is 1.79. The number of para-hydroxylation sites is 1. The number of nitrogens with two attached hydrogens (primary N) is 1. The fourth-order valence-electron chi connectivity index (χ4n) is 2.90. The Morgan fingerprint density at radius 1 is 1.16 bits per heavy atom. The number of carbonyl (C=O) groups excluding carboxylic acids is 1. The maximum atomic E-state index is 11.9. The van der Waals surface area contributed by atoms with Crippen molar-refractivity contribution in [3.05, 3.63) is 75.8 Å². The minimum atomic E-state index is -0.287. The summed E-state index contributed by atoms with van der Waals surface area (Å²) < 4.78 is 2.14. The quantitative estimate of drug-likeness (QED) is 0.703. The Morgan fingerprint density at radius 3 is 2.68 bits per heavy atom. The van der Waals surface area contributed by atoms with Gasteiger partial charge in [-0.3, -0.25) is 4.79 Å². The Kier molecular flexibility index (Phi) is 4.11. The number of nitrogens with zero attached hydrogens (tertiary/aromatic N) is 2. The van der Waals surface area contributed by atoms with Crippen molar-refractivity contribution in [1.29, 1.82) is 0 Å². The van der Waals surface area contributed by atoms with Crippen LogP contribution in [0.25, 0.3) is 17.0 Å². The molecule has 0 saturated heterocycles. The Labute approximate surface area is 154 Å². The molecule has 1 aromatic heterocycles. The van der Waals surface area contributed by atoms with Gasteiger partial charge < -0.3 is 10.3 Å².